The van der Waals surface area contributed by atoms with E-state index in [2.05, 4.69) is 20.6 Å². The lowest BCUT2D eigenvalue weighted by molar-refractivity contribution is 0.293. The summed E-state index contributed by atoms with van der Waals surface area (Å²) in [5.41, 5.74) is 1.99. The topological polar surface area (TPSA) is 59.1 Å². The monoisotopic (exact) mass is 254 g/mol. The number of ether oxygens (including phenoxy) is 1. The van der Waals surface area contributed by atoms with Crippen LogP contribution in [0, 0.1) is 0 Å². The zero-order valence-electron chi connectivity index (χ0n) is 10.3. The number of hydrogen-bond donors (Lipinski definition) is 2. The average molecular weight is 254 g/mol. The van der Waals surface area contributed by atoms with Crippen molar-refractivity contribution in [3.8, 4) is 5.88 Å². The van der Waals surface area contributed by atoms with Crippen LogP contribution < -0.4 is 15.4 Å². The number of hydrogen-bond acceptors (Lipinski definition) is 5. The summed E-state index contributed by atoms with van der Waals surface area (Å²) >= 11 is 0. The van der Waals surface area contributed by atoms with Crippen molar-refractivity contribution in [3.63, 3.8) is 0 Å². The summed E-state index contributed by atoms with van der Waals surface area (Å²) in [6.07, 6.45) is 3.56. The van der Waals surface area contributed by atoms with E-state index in [-0.39, 0.29) is 0 Å². The lowest BCUT2D eigenvalue weighted by Crippen LogP contribution is -2.14. The fourth-order valence-electron chi connectivity index (χ4n) is 1.78. The molecule has 0 atom stereocenters. The highest BCUT2D eigenvalue weighted by atomic mass is 16.5. The van der Waals surface area contributed by atoms with Gasteiger partial charge in [0.15, 0.2) is 5.82 Å². The van der Waals surface area contributed by atoms with Crippen molar-refractivity contribution < 1.29 is 4.74 Å². The van der Waals surface area contributed by atoms with Gasteiger partial charge in [-0.15, -0.1) is 0 Å². The van der Waals surface area contributed by atoms with Gasteiger partial charge in [0.05, 0.1) is 12.4 Å². The standard InChI is InChI=1S/C14H14N4O/c1-2-4-11(5-3-1)9-19-13-6-7-16-14(18-13)12-8-15-10-17-12/h1-8,15,17H,9-10H2. The molecule has 96 valence electrons. The second-order valence-corrected chi connectivity index (χ2v) is 4.11. The van der Waals surface area contributed by atoms with Crippen LogP contribution in [0.3, 0.4) is 0 Å². The maximum atomic E-state index is 5.67. The van der Waals surface area contributed by atoms with E-state index in [9.17, 15) is 0 Å². The molecular formula is C14H14N4O. The molecule has 0 saturated heterocycles. The number of rotatable bonds is 4. The highest BCUT2D eigenvalue weighted by Crippen LogP contribution is 2.13. The summed E-state index contributed by atoms with van der Waals surface area (Å²) in [6.45, 7) is 1.20. The van der Waals surface area contributed by atoms with Crippen LogP contribution in [0.2, 0.25) is 0 Å². The van der Waals surface area contributed by atoms with Crippen molar-refractivity contribution >= 4 is 5.70 Å². The zero-order chi connectivity index (χ0) is 12.9. The first-order valence-corrected chi connectivity index (χ1v) is 6.09. The molecule has 1 aromatic carbocycles. The predicted octanol–water partition coefficient (Wildman–Crippen LogP) is 1.50. The van der Waals surface area contributed by atoms with Crippen molar-refractivity contribution in [1.29, 1.82) is 0 Å². The van der Waals surface area contributed by atoms with Gasteiger partial charge in [0, 0.05) is 18.5 Å². The van der Waals surface area contributed by atoms with Crippen LogP contribution in [-0.4, -0.2) is 16.6 Å². The quantitative estimate of drug-likeness (QED) is 0.866. The van der Waals surface area contributed by atoms with E-state index >= 15 is 0 Å². The van der Waals surface area contributed by atoms with Gasteiger partial charge < -0.3 is 15.4 Å². The minimum Gasteiger partial charge on any atom is -0.473 e. The Morgan fingerprint density at radius 2 is 2.05 bits per heavy atom. The second-order valence-electron chi connectivity index (χ2n) is 4.11. The Morgan fingerprint density at radius 1 is 1.16 bits per heavy atom. The lowest BCUT2D eigenvalue weighted by atomic mass is 10.2. The third kappa shape index (κ3) is 2.82. The molecule has 0 spiro atoms. The molecule has 0 radical (unpaired) electrons. The molecule has 5 heteroatoms. The van der Waals surface area contributed by atoms with Crippen LogP contribution in [0.5, 0.6) is 5.88 Å². The molecule has 3 rings (SSSR count). The summed E-state index contributed by atoms with van der Waals surface area (Å²) in [4.78, 5) is 8.58. The van der Waals surface area contributed by atoms with Gasteiger partial charge in [0.1, 0.15) is 6.61 Å². The third-order valence-corrected chi connectivity index (χ3v) is 2.73. The first-order chi connectivity index (χ1) is 9.42. The normalized spacial score (nSPS) is 13.4. The highest BCUT2D eigenvalue weighted by molar-refractivity contribution is 5.59. The Morgan fingerprint density at radius 3 is 2.84 bits per heavy atom. The van der Waals surface area contributed by atoms with E-state index in [1.165, 1.54) is 0 Å². The molecule has 0 unspecified atom stereocenters. The molecule has 5 nitrogen and oxygen atoms in total. The molecule has 19 heavy (non-hydrogen) atoms. The number of benzene rings is 1. The maximum Gasteiger partial charge on any atom is 0.217 e. The summed E-state index contributed by atoms with van der Waals surface area (Å²) in [5, 5.41) is 6.20. The van der Waals surface area contributed by atoms with Crippen LogP contribution in [0.25, 0.3) is 5.70 Å². The molecule has 1 aliphatic rings. The minimum absolute atomic E-state index is 0.502. The first-order valence-electron chi connectivity index (χ1n) is 6.09. The van der Waals surface area contributed by atoms with E-state index in [0.29, 0.717) is 25.0 Å². The van der Waals surface area contributed by atoms with Crippen LogP contribution in [0.4, 0.5) is 0 Å². The van der Waals surface area contributed by atoms with Gasteiger partial charge in [-0.25, -0.2) is 4.98 Å². The molecule has 0 saturated carbocycles. The summed E-state index contributed by atoms with van der Waals surface area (Å²) in [6, 6.07) is 11.8. The molecule has 2 N–H and O–H groups in total. The molecule has 2 aromatic rings. The fourth-order valence-corrected chi connectivity index (χ4v) is 1.78. The van der Waals surface area contributed by atoms with Crippen LogP contribution in [0.15, 0.2) is 48.8 Å². The average Bonchev–Trinajstić information content (AvgIpc) is 3.01. The van der Waals surface area contributed by atoms with Crippen molar-refractivity contribution in [2.24, 2.45) is 0 Å². The zero-order valence-corrected chi connectivity index (χ0v) is 10.3. The Hall–Kier alpha value is -2.56. The van der Waals surface area contributed by atoms with E-state index in [0.717, 1.165) is 11.3 Å². The van der Waals surface area contributed by atoms with E-state index in [1.54, 1.807) is 12.3 Å². The molecule has 1 aliphatic heterocycles. The van der Waals surface area contributed by atoms with Gasteiger partial charge in [-0.05, 0) is 5.56 Å². The van der Waals surface area contributed by atoms with Crippen molar-refractivity contribution in [3.05, 3.63) is 60.2 Å². The SMILES string of the molecule is C1=C(c2nccc(OCc3ccccc3)n2)NCN1. The van der Waals surface area contributed by atoms with Crippen LogP contribution in [-0.2, 0) is 6.61 Å². The first kappa shape index (κ1) is 11.5. The molecule has 2 heterocycles. The van der Waals surface area contributed by atoms with Crippen molar-refractivity contribution in [1.82, 2.24) is 20.6 Å². The molecule has 0 amide bonds. The Kier molecular flexibility index (Phi) is 3.27. The van der Waals surface area contributed by atoms with Crippen LogP contribution in [0.1, 0.15) is 11.4 Å². The van der Waals surface area contributed by atoms with E-state index < -0.39 is 0 Å². The van der Waals surface area contributed by atoms with Crippen molar-refractivity contribution in [2.75, 3.05) is 6.67 Å². The van der Waals surface area contributed by atoms with E-state index in [1.807, 2.05) is 36.5 Å². The van der Waals surface area contributed by atoms with Gasteiger partial charge in [-0.1, -0.05) is 30.3 Å². The maximum absolute atomic E-state index is 5.67. The Bertz CT molecular complexity index is 583. The highest BCUT2D eigenvalue weighted by Gasteiger charge is 2.09. The smallest absolute Gasteiger partial charge is 0.217 e. The summed E-state index contributed by atoms with van der Waals surface area (Å²) in [5.74, 6) is 1.21. The van der Waals surface area contributed by atoms with Gasteiger partial charge in [-0.3, -0.25) is 0 Å². The molecule has 0 bridgehead atoms. The van der Waals surface area contributed by atoms with Gasteiger partial charge in [-0.2, -0.15) is 4.98 Å². The molecule has 0 fully saturated rings. The van der Waals surface area contributed by atoms with E-state index in [4.69, 9.17) is 4.74 Å². The number of nitrogens with one attached hydrogen (secondary N) is 2. The third-order valence-electron chi connectivity index (χ3n) is 2.73. The molecule has 0 aliphatic carbocycles. The Labute approximate surface area is 111 Å². The summed E-state index contributed by atoms with van der Waals surface area (Å²) in [7, 11) is 0. The molecule has 1 aromatic heterocycles. The van der Waals surface area contributed by atoms with Crippen LogP contribution >= 0.6 is 0 Å². The predicted molar refractivity (Wildman–Crippen MR) is 71.9 cm³/mol. The second kappa shape index (κ2) is 5.39. The minimum atomic E-state index is 0.502. The summed E-state index contributed by atoms with van der Waals surface area (Å²) < 4.78 is 5.67. The number of aromatic nitrogens is 2. The largest absolute Gasteiger partial charge is 0.473 e. The lowest BCUT2D eigenvalue weighted by Gasteiger charge is -2.07. The van der Waals surface area contributed by atoms with Crippen molar-refractivity contribution in [2.45, 2.75) is 6.61 Å². The fraction of sp³-hybridized carbons (Fsp3) is 0.143. The molecular weight excluding hydrogens is 240 g/mol. The Balaban J connectivity index is 1.70. The van der Waals surface area contributed by atoms with Gasteiger partial charge in [0.25, 0.3) is 0 Å². The number of nitrogens with zero attached hydrogens (tertiary/aromatic N) is 2. The van der Waals surface area contributed by atoms with Gasteiger partial charge in [0.2, 0.25) is 5.88 Å². The van der Waals surface area contributed by atoms with Gasteiger partial charge >= 0.3 is 0 Å².